The van der Waals surface area contributed by atoms with Gasteiger partial charge in [-0.1, -0.05) is 54.6 Å². The van der Waals surface area contributed by atoms with E-state index in [0.717, 1.165) is 10.8 Å². The number of carbonyl (C=O) groups is 1. The Morgan fingerprint density at radius 1 is 1.06 bits per heavy atom. The predicted molar refractivity (Wildman–Crippen MR) is 126 cm³/mol. The van der Waals surface area contributed by atoms with E-state index in [1.165, 1.54) is 28.3 Å². The average molecular weight is 444 g/mol. The van der Waals surface area contributed by atoms with Gasteiger partial charge in [-0.05, 0) is 30.0 Å². The number of anilines is 1. The van der Waals surface area contributed by atoms with Gasteiger partial charge in [-0.15, -0.1) is 11.3 Å². The largest absolute Gasteiger partial charge is 0.321 e. The molecule has 0 fully saturated rings. The number of fused-ring (bicyclic) bond motifs is 2. The molecule has 5 rings (SSSR count). The quantitative estimate of drug-likeness (QED) is 0.407. The number of aromatic nitrogens is 2. The first-order chi connectivity index (χ1) is 15.5. The SMILES string of the molecule is Cc1c(C(=O)Nc2cccc3ccccc23)sc2ncn(Cc3ccccc3F)c(=O)c12. The minimum Gasteiger partial charge on any atom is -0.321 e. The summed E-state index contributed by atoms with van der Waals surface area (Å²) in [5.41, 5.74) is 1.38. The lowest BCUT2D eigenvalue weighted by Crippen LogP contribution is -2.21. The minimum atomic E-state index is -0.378. The van der Waals surface area contributed by atoms with Gasteiger partial charge in [0, 0.05) is 16.6 Å². The molecular formula is C25H18FN3O2S. The highest BCUT2D eigenvalue weighted by Crippen LogP contribution is 2.29. The van der Waals surface area contributed by atoms with Gasteiger partial charge in [0.2, 0.25) is 0 Å². The zero-order valence-electron chi connectivity index (χ0n) is 17.1. The van der Waals surface area contributed by atoms with E-state index >= 15 is 0 Å². The number of nitrogens with one attached hydrogen (secondary N) is 1. The molecule has 0 spiro atoms. The van der Waals surface area contributed by atoms with Crippen LogP contribution in [-0.4, -0.2) is 15.5 Å². The summed E-state index contributed by atoms with van der Waals surface area (Å²) >= 11 is 1.18. The Balaban J connectivity index is 1.52. The standard InChI is InChI=1S/C25H18FN3O2S/c1-15-21-24(27-14-29(25(21)31)13-17-8-3-5-11-19(17)26)32-22(15)23(30)28-20-12-6-9-16-7-2-4-10-18(16)20/h2-12,14H,13H2,1H3,(H,28,30). The van der Waals surface area contributed by atoms with Crippen molar-refractivity contribution < 1.29 is 9.18 Å². The molecule has 0 saturated carbocycles. The molecule has 158 valence electrons. The number of nitrogens with zero attached hydrogens (tertiary/aromatic N) is 2. The molecule has 1 N–H and O–H groups in total. The molecule has 0 radical (unpaired) electrons. The van der Waals surface area contributed by atoms with Gasteiger partial charge in [0.1, 0.15) is 10.6 Å². The summed E-state index contributed by atoms with van der Waals surface area (Å²) in [6.07, 6.45) is 1.40. The number of rotatable bonds is 4. The fourth-order valence-corrected chi connectivity index (χ4v) is 4.85. The predicted octanol–water partition coefficient (Wildman–Crippen LogP) is 5.36. The van der Waals surface area contributed by atoms with Crippen LogP contribution in [-0.2, 0) is 6.54 Å². The number of halogens is 1. The van der Waals surface area contributed by atoms with Crippen LogP contribution in [0.1, 0.15) is 20.8 Å². The van der Waals surface area contributed by atoms with Gasteiger partial charge in [-0.3, -0.25) is 14.2 Å². The zero-order valence-corrected chi connectivity index (χ0v) is 17.9. The Labute approximate surface area is 186 Å². The normalized spacial score (nSPS) is 11.2. The lowest BCUT2D eigenvalue weighted by Gasteiger charge is -2.08. The molecule has 0 aliphatic heterocycles. The van der Waals surface area contributed by atoms with Crippen LogP contribution in [0.15, 0.2) is 77.9 Å². The summed E-state index contributed by atoms with van der Waals surface area (Å²) in [4.78, 5) is 31.5. The molecular weight excluding hydrogens is 425 g/mol. The highest BCUT2D eigenvalue weighted by molar-refractivity contribution is 7.20. The molecule has 5 nitrogen and oxygen atoms in total. The zero-order chi connectivity index (χ0) is 22.2. The Bertz CT molecular complexity index is 1550. The van der Waals surface area contributed by atoms with Crippen LogP contribution < -0.4 is 10.9 Å². The summed E-state index contributed by atoms with van der Waals surface area (Å²) < 4.78 is 15.4. The van der Waals surface area contributed by atoms with Crippen molar-refractivity contribution in [2.45, 2.75) is 13.5 Å². The van der Waals surface area contributed by atoms with Crippen molar-refractivity contribution >= 4 is 43.9 Å². The second-order valence-electron chi connectivity index (χ2n) is 7.49. The Kier molecular flexibility index (Phi) is 5.03. The second-order valence-corrected chi connectivity index (χ2v) is 8.49. The molecule has 32 heavy (non-hydrogen) atoms. The number of carbonyl (C=O) groups excluding carboxylic acids is 1. The number of thiophene rings is 1. The van der Waals surface area contributed by atoms with Crippen LogP contribution >= 0.6 is 11.3 Å². The monoisotopic (exact) mass is 443 g/mol. The number of amides is 1. The molecule has 0 aliphatic rings. The van der Waals surface area contributed by atoms with Crippen LogP contribution in [0.3, 0.4) is 0 Å². The average Bonchev–Trinajstić information content (AvgIpc) is 3.14. The highest BCUT2D eigenvalue weighted by atomic mass is 32.1. The van der Waals surface area contributed by atoms with Crippen LogP contribution in [0.2, 0.25) is 0 Å². The van der Waals surface area contributed by atoms with Gasteiger partial charge >= 0.3 is 0 Å². The molecule has 0 atom stereocenters. The van der Waals surface area contributed by atoms with Gasteiger partial charge < -0.3 is 5.32 Å². The van der Waals surface area contributed by atoms with Gasteiger partial charge in [-0.25, -0.2) is 9.37 Å². The summed E-state index contributed by atoms with van der Waals surface area (Å²) in [7, 11) is 0. The van der Waals surface area contributed by atoms with E-state index in [-0.39, 0.29) is 23.8 Å². The van der Waals surface area contributed by atoms with Crippen LogP contribution in [0, 0.1) is 12.7 Å². The molecule has 0 saturated heterocycles. The van der Waals surface area contributed by atoms with Crippen molar-refractivity contribution in [3.8, 4) is 0 Å². The van der Waals surface area contributed by atoms with Crippen molar-refractivity contribution in [2.24, 2.45) is 0 Å². The molecule has 5 aromatic rings. The first-order valence-corrected chi connectivity index (χ1v) is 10.9. The molecule has 0 unspecified atom stereocenters. The maximum absolute atomic E-state index is 14.0. The van der Waals surface area contributed by atoms with Crippen molar-refractivity contribution in [3.05, 3.63) is 105 Å². The molecule has 3 aromatic carbocycles. The van der Waals surface area contributed by atoms with E-state index in [1.54, 1.807) is 25.1 Å². The van der Waals surface area contributed by atoms with Gasteiger partial charge in [-0.2, -0.15) is 0 Å². The number of aryl methyl sites for hydroxylation is 1. The van der Waals surface area contributed by atoms with E-state index in [9.17, 15) is 14.0 Å². The van der Waals surface area contributed by atoms with E-state index < -0.39 is 0 Å². The van der Waals surface area contributed by atoms with Crippen LogP contribution in [0.5, 0.6) is 0 Å². The van der Waals surface area contributed by atoms with E-state index in [2.05, 4.69) is 10.3 Å². The van der Waals surface area contributed by atoms with Crippen LogP contribution in [0.25, 0.3) is 21.0 Å². The van der Waals surface area contributed by atoms with Crippen LogP contribution in [0.4, 0.5) is 10.1 Å². The van der Waals surface area contributed by atoms with Gasteiger partial charge in [0.25, 0.3) is 11.5 Å². The molecule has 7 heteroatoms. The van der Waals surface area contributed by atoms with Crippen molar-refractivity contribution in [2.75, 3.05) is 5.32 Å². The Morgan fingerprint density at radius 3 is 2.66 bits per heavy atom. The smallest absolute Gasteiger partial charge is 0.266 e. The van der Waals surface area contributed by atoms with Crippen molar-refractivity contribution in [1.29, 1.82) is 0 Å². The van der Waals surface area contributed by atoms with E-state index in [0.29, 0.717) is 31.9 Å². The lowest BCUT2D eigenvalue weighted by atomic mass is 10.1. The molecule has 1 amide bonds. The summed E-state index contributed by atoms with van der Waals surface area (Å²) in [5, 5.41) is 5.32. The summed E-state index contributed by atoms with van der Waals surface area (Å²) in [6.45, 7) is 1.81. The molecule has 2 aromatic heterocycles. The maximum Gasteiger partial charge on any atom is 0.266 e. The van der Waals surface area contributed by atoms with Crippen molar-refractivity contribution in [1.82, 2.24) is 9.55 Å². The summed E-state index contributed by atoms with van der Waals surface area (Å²) in [5.74, 6) is -0.668. The van der Waals surface area contributed by atoms with E-state index in [1.807, 2.05) is 42.5 Å². The topological polar surface area (TPSA) is 64.0 Å². The number of benzene rings is 3. The lowest BCUT2D eigenvalue weighted by molar-refractivity contribution is 0.103. The first kappa shape index (κ1) is 20.1. The number of hydrogen-bond donors (Lipinski definition) is 1. The fourth-order valence-electron chi connectivity index (χ4n) is 3.81. The third kappa shape index (κ3) is 3.46. The number of hydrogen-bond acceptors (Lipinski definition) is 4. The van der Waals surface area contributed by atoms with Gasteiger partial charge in [0.05, 0.1) is 23.1 Å². The van der Waals surface area contributed by atoms with Crippen molar-refractivity contribution in [3.63, 3.8) is 0 Å². The molecule has 0 aliphatic carbocycles. The fraction of sp³-hybridized carbons (Fsp3) is 0.0800. The summed E-state index contributed by atoms with van der Waals surface area (Å²) in [6, 6.07) is 19.8. The Hall–Kier alpha value is -3.84. The highest BCUT2D eigenvalue weighted by Gasteiger charge is 2.20. The Morgan fingerprint density at radius 2 is 1.81 bits per heavy atom. The third-order valence-corrected chi connectivity index (χ3v) is 6.66. The molecule has 0 bridgehead atoms. The van der Waals surface area contributed by atoms with E-state index in [4.69, 9.17) is 0 Å². The third-order valence-electron chi connectivity index (χ3n) is 5.46. The first-order valence-electron chi connectivity index (χ1n) is 10.0. The second kappa shape index (κ2) is 8.01. The maximum atomic E-state index is 14.0. The minimum absolute atomic E-state index is 0.0707. The van der Waals surface area contributed by atoms with Gasteiger partial charge in [0.15, 0.2) is 0 Å². The molecule has 2 heterocycles.